The molecule has 9 heteroatoms. The van der Waals surface area contributed by atoms with Gasteiger partial charge in [-0.05, 0) is 28.1 Å². The van der Waals surface area contributed by atoms with E-state index in [1.54, 1.807) is 0 Å². The van der Waals surface area contributed by atoms with Crippen LogP contribution in [0.4, 0.5) is 0 Å². The van der Waals surface area contributed by atoms with E-state index in [-0.39, 0.29) is 16.3 Å². The van der Waals surface area contributed by atoms with Gasteiger partial charge in [0.2, 0.25) is 10.0 Å². The summed E-state index contributed by atoms with van der Waals surface area (Å²) in [6.07, 6.45) is 0. The fourth-order valence-corrected chi connectivity index (χ4v) is 4.87. The third kappa shape index (κ3) is 3.63. The molecule has 2 N–H and O–H groups in total. The lowest BCUT2D eigenvalue weighted by Gasteiger charge is -2.02. The summed E-state index contributed by atoms with van der Waals surface area (Å²) in [5, 5.41) is 11.9. The molecule has 0 bridgehead atoms. The second kappa shape index (κ2) is 5.71. The van der Waals surface area contributed by atoms with Gasteiger partial charge in [-0.25, -0.2) is 17.9 Å². The van der Waals surface area contributed by atoms with Crippen LogP contribution in [-0.4, -0.2) is 19.5 Å². The van der Waals surface area contributed by atoms with Crippen molar-refractivity contribution in [1.29, 1.82) is 0 Å². The molecule has 0 radical (unpaired) electrons. The summed E-state index contributed by atoms with van der Waals surface area (Å²) in [4.78, 5) is 11.6. The van der Waals surface area contributed by atoms with Crippen LogP contribution in [0.1, 0.15) is 14.5 Å². The highest BCUT2D eigenvalue weighted by atomic mass is 79.9. The molecule has 102 valence electrons. The summed E-state index contributed by atoms with van der Waals surface area (Å²) in [6, 6.07) is 2.98. The van der Waals surface area contributed by atoms with Crippen LogP contribution in [0.15, 0.2) is 32.3 Å². The van der Waals surface area contributed by atoms with Crippen LogP contribution in [0, 0.1) is 0 Å². The molecular formula is C10H8BrNO4S3. The molecule has 0 fully saturated rings. The Bertz CT molecular complexity index is 704. The molecular weight excluding hydrogens is 374 g/mol. The first kappa shape index (κ1) is 14.7. The van der Waals surface area contributed by atoms with Crippen LogP contribution in [-0.2, 0) is 16.6 Å². The molecule has 0 saturated heterocycles. The Hall–Kier alpha value is -0.740. The lowest BCUT2D eigenvalue weighted by molar-refractivity contribution is 0.0702. The van der Waals surface area contributed by atoms with Crippen LogP contribution in [0.5, 0.6) is 0 Å². The van der Waals surface area contributed by atoms with Crippen LogP contribution >= 0.6 is 38.6 Å². The molecule has 0 aliphatic rings. The maximum atomic E-state index is 11.9. The quantitative estimate of drug-likeness (QED) is 0.833. The van der Waals surface area contributed by atoms with E-state index in [0.29, 0.717) is 0 Å². The standard InChI is InChI=1S/C10H8BrNO4S3/c11-6-1-7(17-4-6)3-12-19(15,16)8-2-9(10(13)14)18-5-8/h1-2,4-5,12H,3H2,(H,13,14). The number of carboxylic acids is 1. The average Bonchev–Trinajstić information content (AvgIpc) is 2.95. The monoisotopic (exact) mass is 381 g/mol. The van der Waals surface area contributed by atoms with Crippen LogP contribution in [0.25, 0.3) is 0 Å². The number of carboxylic acid groups (broad SMARTS) is 1. The van der Waals surface area contributed by atoms with Gasteiger partial charge >= 0.3 is 5.97 Å². The van der Waals surface area contributed by atoms with Crippen molar-refractivity contribution in [2.75, 3.05) is 0 Å². The third-order valence-electron chi connectivity index (χ3n) is 2.15. The van der Waals surface area contributed by atoms with Gasteiger partial charge in [-0.15, -0.1) is 22.7 Å². The van der Waals surface area contributed by atoms with Crippen LogP contribution in [0.2, 0.25) is 0 Å². The van der Waals surface area contributed by atoms with Gasteiger partial charge in [0.1, 0.15) is 4.88 Å². The number of rotatable bonds is 5. The molecule has 0 atom stereocenters. The zero-order valence-corrected chi connectivity index (χ0v) is 13.3. The lowest BCUT2D eigenvalue weighted by atomic mass is 10.5. The number of hydrogen-bond acceptors (Lipinski definition) is 5. The fraction of sp³-hybridized carbons (Fsp3) is 0.100. The Kier molecular flexibility index (Phi) is 4.41. The highest BCUT2D eigenvalue weighted by molar-refractivity contribution is 9.10. The predicted molar refractivity (Wildman–Crippen MR) is 77.3 cm³/mol. The van der Waals surface area contributed by atoms with Crippen molar-refractivity contribution >= 4 is 54.6 Å². The zero-order chi connectivity index (χ0) is 14.0. The van der Waals surface area contributed by atoms with E-state index in [1.807, 2.05) is 11.4 Å². The van der Waals surface area contributed by atoms with Gasteiger partial charge in [-0.3, -0.25) is 0 Å². The van der Waals surface area contributed by atoms with E-state index in [2.05, 4.69) is 20.7 Å². The molecule has 0 aliphatic carbocycles. The highest BCUT2D eigenvalue weighted by Gasteiger charge is 2.18. The smallest absolute Gasteiger partial charge is 0.345 e. The topological polar surface area (TPSA) is 83.5 Å². The van der Waals surface area contributed by atoms with Gasteiger partial charge in [-0.2, -0.15) is 0 Å². The number of aromatic carboxylic acids is 1. The van der Waals surface area contributed by atoms with Gasteiger partial charge < -0.3 is 5.11 Å². The van der Waals surface area contributed by atoms with Crippen LogP contribution < -0.4 is 4.72 Å². The molecule has 0 amide bonds. The van der Waals surface area contributed by atoms with Crippen molar-refractivity contribution in [1.82, 2.24) is 4.72 Å². The van der Waals surface area contributed by atoms with Gasteiger partial charge in [0, 0.05) is 26.7 Å². The summed E-state index contributed by atoms with van der Waals surface area (Å²) in [5.41, 5.74) is 0. The van der Waals surface area contributed by atoms with Crippen LogP contribution in [0.3, 0.4) is 0 Å². The summed E-state index contributed by atoms with van der Waals surface area (Å²) in [7, 11) is -3.67. The molecule has 2 aromatic heterocycles. The minimum Gasteiger partial charge on any atom is -0.477 e. The second-order valence-electron chi connectivity index (χ2n) is 3.51. The summed E-state index contributed by atoms with van der Waals surface area (Å²) < 4.78 is 27.2. The average molecular weight is 382 g/mol. The largest absolute Gasteiger partial charge is 0.477 e. The Labute approximate surface area is 126 Å². The van der Waals surface area contributed by atoms with Gasteiger partial charge in [0.25, 0.3) is 0 Å². The van der Waals surface area contributed by atoms with Crippen molar-refractivity contribution in [2.24, 2.45) is 0 Å². The van der Waals surface area contributed by atoms with E-state index >= 15 is 0 Å². The van der Waals surface area contributed by atoms with Gasteiger partial charge in [-0.1, -0.05) is 0 Å². The summed E-state index contributed by atoms with van der Waals surface area (Å²) >= 11 is 5.60. The highest BCUT2D eigenvalue weighted by Crippen LogP contribution is 2.22. The van der Waals surface area contributed by atoms with Crippen molar-refractivity contribution in [3.63, 3.8) is 0 Å². The molecule has 0 spiro atoms. The first-order chi connectivity index (χ1) is 8.88. The molecule has 19 heavy (non-hydrogen) atoms. The van der Waals surface area contributed by atoms with Crippen molar-refractivity contribution < 1.29 is 18.3 Å². The molecule has 0 saturated carbocycles. The number of thiophene rings is 2. The summed E-state index contributed by atoms with van der Waals surface area (Å²) in [5.74, 6) is -1.13. The van der Waals surface area contributed by atoms with E-state index in [9.17, 15) is 13.2 Å². The molecule has 2 aromatic rings. The van der Waals surface area contributed by atoms with Crippen molar-refractivity contribution in [2.45, 2.75) is 11.4 Å². The molecule has 2 rings (SSSR count). The Morgan fingerprint density at radius 2 is 2.05 bits per heavy atom. The fourth-order valence-electron chi connectivity index (χ4n) is 1.27. The SMILES string of the molecule is O=C(O)c1cc(S(=O)(=O)NCc2cc(Br)cs2)cs1. The predicted octanol–water partition coefficient (Wildman–Crippen LogP) is 2.75. The first-order valence-corrected chi connectivity index (χ1v) is 8.96. The van der Waals surface area contributed by atoms with Gasteiger partial charge in [0.05, 0.1) is 4.90 Å². The minimum absolute atomic E-state index is 0.000701. The lowest BCUT2D eigenvalue weighted by Crippen LogP contribution is -2.22. The molecule has 0 aromatic carbocycles. The molecule has 5 nitrogen and oxygen atoms in total. The Morgan fingerprint density at radius 1 is 1.32 bits per heavy atom. The number of sulfonamides is 1. The van der Waals surface area contributed by atoms with Crippen molar-refractivity contribution in [3.8, 4) is 0 Å². The zero-order valence-electron chi connectivity index (χ0n) is 9.29. The molecule has 0 aliphatic heterocycles. The molecule has 0 unspecified atom stereocenters. The minimum atomic E-state index is -3.67. The van der Waals surface area contributed by atoms with E-state index in [4.69, 9.17) is 5.11 Å². The van der Waals surface area contributed by atoms with E-state index in [1.165, 1.54) is 16.7 Å². The van der Waals surface area contributed by atoms with E-state index < -0.39 is 16.0 Å². The van der Waals surface area contributed by atoms with E-state index in [0.717, 1.165) is 26.8 Å². The summed E-state index contributed by atoms with van der Waals surface area (Å²) in [6.45, 7) is 0.177. The number of nitrogens with one attached hydrogen (secondary N) is 1. The maximum absolute atomic E-state index is 11.9. The Balaban J connectivity index is 2.11. The first-order valence-electron chi connectivity index (χ1n) is 4.93. The van der Waals surface area contributed by atoms with Crippen molar-refractivity contribution in [3.05, 3.63) is 37.1 Å². The Morgan fingerprint density at radius 3 is 2.58 bits per heavy atom. The number of carbonyl (C=O) groups is 1. The maximum Gasteiger partial charge on any atom is 0.345 e. The second-order valence-corrected chi connectivity index (χ2v) is 8.10. The molecule has 2 heterocycles. The van der Waals surface area contributed by atoms with Gasteiger partial charge in [0.15, 0.2) is 0 Å². The normalized spacial score (nSPS) is 11.6. The number of hydrogen-bond donors (Lipinski definition) is 2. The third-order valence-corrected chi connectivity index (χ3v) is 6.30. The number of halogens is 1.